The van der Waals surface area contributed by atoms with E-state index in [1.165, 1.54) is 10.5 Å². The van der Waals surface area contributed by atoms with Gasteiger partial charge >= 0.3 is 0 Å². The van der Waals surface area contributed by atoms with E-state index in [9.17, 15) is 0 Å². The minimum absolute atomic E-state index is 0.0175. The summed E-state index contributed by atoms with van der Waals surface area (Å²) in [6.45, 7) is 4.20. The van der Waals surface area contributed by atoms with Crippen LogP contribution in [0.15, 0.2) is 35.5 Å². The summed E-state index contributed by atoms with van der Waals surface area (Å²) in [7, 11) is 0. The van der Waals surface area contributed by atoms with Crippen LogP contribution in [0.4, 0.5) is 0 Å². The largest absolute Gasteiger partial charge is 0.271 e. The van der Waals surface area contributed by atoms with E-state index >= 15 is 0 Å². The molecule has 2 aromatic rings. The van der Waals surface area contributed by atoms with E-state index in [1.54, 1.807) is 6.33 Å². The summed E-state index contributed by atoms with van der Waals surface area (Å²) in [5.74, 6) is 8.07. The van der Waals surface area contributed by atoms with Crippen molar-refractivity contribution in [3.63, 3.8) is 0 Å². The number of nitrogens with one attached hydrogen (secondary N) is 1. The van der Waals surface area contributed by atoms with E-state index in [2.05, 4.69) is 53.6 Å². The number of thioether (sulfide) groups is 1. The van der Waals surface area contributed by atoms with Crippen molar-refractivity contribution in [2.45, 2.75) is 36.7 Å². The summed E-state index contributed by atoms with van der Waals surface area (Å²) in [4.78, 5) is 5.77. The van der Waals surface area contributed by atoms with Gasteiger partial charge < -0.3 is 0 Å². The predicted molar refractivity (Wildman–Crippen MR) is 80.4 cm³/mol. The van der Waals surface area contributed by atoms with Crippen molar-refractivity contribution >= 4 is 11.8 Å². The molecule has 5 nitrogen and oxygen atoms in total. The average Bonchev–Trinajstić information content (AvgIpc) is 3.07. The smallest absolute Gasteiger partial charge is 0.146 e. The van der Waals surface area contributed by atoms with E-state index in [4.69, 9.17) is 5.84 Å². The van der Waals surface area contributed by atoms with Gasteiger partial charge in [0, 0.05) is 22.6 Å². The summed E-state index contributed by atoms with van der Waals surface area (Å²) in [5.41, 5.74) is 4.29. The Balaban J connectivity index is 1.97. The summed E-state index contributed by atoms with van der Waals surface area (Å²) in [6.07, 6.45) is 1.60. The standard InChI is InChI=1S/C14H19N5S/c1-9(2)19-14(16-8-17-19)13(18-15)11-7-20-12-6-4-3-5-10(11)12/h3-6,8-9,11,13,18H,7,15H2,1-2H3. The van der Waals surface area contributed by atoms with Crippen LogP contribution in [0.25, 0.3) is 0 Å². The van der Waals surface area contributed by atoms with Crippen LogP contribution in [-0.2, 0) is 0 Å². The lowest BCUT2D eigenvalue weighted by molar-refractivity contribution is 0.407. The number of fused-ring (bicyclic) bond motifs is 1. The average molecular weight is 289 g/mol. The zero-order valence-corrected chi connectivity index (χ0v) is 12.5. The predicted octanol–water partition coefficient (Wildman–Crippen LogP) is 2.25. The lowest BCUT2D eigenvalue weighted by Crippen LogP contribution is -2.35. The molecule has 2 unspecified atom stereocenters. The van der Waals surface area contributed by atoms with E-state index < -0.39 is 0 Å². The monoisotopic (exact) mass is 289 g/mol. The maximum absolute atomic E-state index is 5.83. The maximum Gasteiger partial charge on any atom is 0.146 e. The van der Waals surface area contributed by atoms with Gasteiger partial charge in [0.15, 0.2) is 0 Å². The van der Waals surface area contributed by atoms with Gasteiger partial charge in [0.2, 0.25) is 0 Å². The van der Waals surface area contributed by atoms with Gasteiger partial charge in [0.1, 0.15) is 12.2 Å². The molecule has 2 atom stereocenters. The number of aromatic nitrogens is 3. The Morgan fingerprint density at radius 3 is 2.95 bits per heavy atom. The van der Waals surface area contributed by atoms with Crippen LogP contribution in [-0.4, -0.2) is 20.5 Å². The summed E-state index contributed by atoms with van der Waals surface area (Å²) in [5, 5.41) is 4.32. The van der Waals surface area contributed by atoms with Crippen molar-refractivity contribution in [3.8, 4) is 0 Å². The number of rotatable bonds is 4. The Bertz CT molecular complexity index is 595. The molecule has 2 heterocycles. The normalized spacial score (nSPS) is 19.3. The number of benzene rings is 1. The molecule has 0 aliphatic carbocycles. The fraction of sp³-hybridized carbons (Fsp3) is 0.429. The molecular formula is C14H19N5S. The second-order valence-electron chi connectivity index (χ2n) is 5.26. The van der Waals surface area contributed by atoms with Crippen LogP contribution in [0.1, 0.15) is 43.2 Å². The van der Waals surface area contributed by atoms with Gasteiger partial charge in [-0.15, -0.1) is 11.8 Å². The molecule has 0 saturated carbocycles. The van der Waals surface area contributed by atoms with Gasteiger partial charge in [-0.1, -0.05) is 18.2 Å². The van der Waals surface area contributed by atoms with Gasteiger partial charge in [-0.05, 0) is 25.5 Å². The molecule has 6 heteroatoms. The van der Waals surface area contributed by atoms with E-state index in [1.807, 2.05) is 16.4 Å². The van der Waals surface area contributed by atoms with Crippen molar-refractivity contribution in [3.05, 3.63) is 42.0 Å². The van der Waals surface area contributed by atoms with Crippen molar-refractivity contribution in [1.82, 2.24) is 20.2 Å². The van der Waals surface area contributed by atoms with Gasteiger partial charge in [0.05, 0.1) is 6.04 Å². The topological polar surface area (TPSA) is 68.8 Å². The van der Waals surface area contributed by atoms with Crippen molar-refractivity contribution in [2.75, 3.05) is 5.75 Å². The van der Waals surface area contributed by atoms with Crippen LogP contribution < -0.4 is 11.3 Å². The SMILES string of the molecule is CC(C)n1ncnc1C(NN)C1CSc2ccccc21. The molecule has 0 spiro atoms. The lowest BCUT2D eigenvalue weighted by atomic mass is 9.93. The molecule has 0 radical (unpaired) electrons. The quantitative estimate of drug-likeness (QED) is 0.667. The molecule has 0 amide bonds. The zero-order chi connectivity index (χ0) is 14.1. The molecule has 3 N–H and O–H groups in total. The highest BCUT2D eigenvalue weighted by Gasteiger charge is 2.33. The molecule has 0 fully saturated rings. The van der Waals surface area contributed by atoms with E-state index in [-0.39, 0.29) is 12.1 Å². The number of hydrogen-bond donors (Lipinski definition) is 2. The molecule has 106 valence electrons. The first-order valence-corrected chi connectivity index (χ1v) is 7.78. The fourth-order valence-corrected chi connectivity index (χ4v) is 4.01. The van der Waals surface area contributed by atoms with Gasteiger partial charge in [-0.3, -0.25) is 5.84 Å². The molecule has 1 aromatic heterocycles. The van der Waals surface area contributed by atoms with Crippen molar-refractivity contribution < 1.29 is 0 Å². The first-order valence-electron chi connectivity index (χ1n) is 6.79. The fourth-order valence-electron chi connectivity index (χ4n) is 2.71. The Morgan fingerprint density at radius 2 is 2.20 bits per heavy atom. The molecule has 0 saturated heterocycles. The first kappa shape index (κ1) is 13.6. The first-order chi connectivity index (χ1) is 9.72. The van der Waals surface area contributed by atoms with Gasteiger partial charge in [-0.25, -0.2) is 15.1 Å². The van der Waals surface area contributed by atoms with Crippen molar-refractivity contribution in [1.29, 1.82) is 0 Å². The molecule has 3 rings (SSSR count). The second kappa shape index (κ2) is 5.55. The summed E-state index contributed by atoms with van der Waals surface area (Å²) >= 11 is 1.88. The molecule has 1 aromatic carbocycles. The highest BCUT2D eigenvalue weighted by Crippen LogP contribution is 2.44. The molecule has 1 aliphatic rings. The minimum atomic E-state index is -0.0175. The number of hydrazine groups is 1. The lowest BCUT2D eigenvalue weighted by Gasteiger charge is -2.24. The molecule has 20 heavy (non-hydrogen) atoms. The van der Waals surface area contributed by atoms with E-state index in [0.717, 1.165) is 11.6 Å². The summed E-state index contributed by atoms with van der Waals surface area (Å²) in [6, 6.07) is 8.76. The Kier molecular flexibility index (Phi) is 3.78. The van der Waals surface area contributed by atoms with Crippen LogP contribution in [0.2, 0.25) is 0 Å². The summed E-state index contributed by atoms with van der Waals surface area (Å²) < 4.78 is 1.94. The third kappa shape index (κ3) is 2.24. The molecule has 1 aliphatic heterocycles. The second-order valence-corrected chi connectivity index (χ2v) is 6.32. The highest BCUT2D eigenvalue weighted by atomic mass is 32.2. The Morgan fingerprint density at radius 1 is 1.40 bits per heavy atom. The molecule has 0 bridgehead atoms. The molecular weight excluding hydrogens is 270 g/mol. The number of hydrogen-bond acceptors (Lipinski definition) is 5. The zero-order valence-electron chi connectivity index (χ0n) is 11.7. The van der Waals surface area contributed by atoms with Crippen molar-refractivity contribution in [2.24, 2.45) is 5.84 Å². The van der Waals surface area contributed by atoms with Crippen LogP contribution in [0.5, 0.6) is 0 Å². The minimum Gasteiger partial charge on any atom is -0.271 e. The maximum atomic E-state index is 5.83. The van der Waals surface area contributed by atoms with Crippen LogP contribution >= 0.6 is 11.8 Å². The van der Waals surface area contributed by atoms with Gasteiger partial charge in [-0.2, -0.15) is 5.10 Å². The van der Waals surface area contributed by atoms with Crippen LogP contribution in [0, 0.1) is 0 Å². The number of nitrogens with two attached hydrogens (primary N) is 1. The van der Waals surface area contributed by atoms with Crippen LogP contribution in [0.3, 0.4) is 0 Å². The van der Waals surface area contributed by atoms with Gasteiger partial charge in [0.25, 0.3) is 0 Å². The van der Waals surface area contributed by atoms with E-state index in [0.29, 0.717) is 5.92 Å². The third-order valence-electron chi connectivity index (χ3n) is 3.69. The highest BCUT2D eigenvalue weighted by molar-refractivity contribution is 7.99. The third-order valence-corrected chi connectivity index (χ3v) is 4.90. The Hall–Kier alpha value is -1.37. The number of nitrogens with zero attached hydrogens (tertiary/aromatic N) is 3. The Labute approximate surface area is 122 Å².